The van der Waals surface area contributed by atoms with Crippen molar-refractivity contribution in [2.75, 3.05) is 0 Å². The lowest BCUT2D eigenvalue weighted by atomic mass is 10.2. The van der Waals surface area contributed by atoms with Crippen molar-refractivity contribution in [2.24, 2.45) is 0 Å². The number of fused-ring (bicyclic) bond motifs is 1. The number of hydrogen-bond acceptors (Lipinski definition) is 5. The van der Waals surface area contributed by atoms with Gasteiger partial charge in [-0.05, 0) is 45.0 Å². The van der Waals surface area contributed by atoms with Crippen molar-refractivity contribution in [1.29, 1.82) is 0 Å². The Kier molecular flexibility index (Phi) is 4.04. The number of nitrogens with one attached hydrogen (secondary N) is 1. The van der Waals surface area contributed by atoms with E-state index in [2.05, 4.69) is 9.97 Å². The van der Waals surface area contributed by atoms with Crippen molar-refractivity contribution in [3.63, 3.8) is 0 Å². The molecule has 0 saturated carbocycles. The Balaban J connectivity index is 2.30. The molecule has 0 amide bonds. The van der Waals surface area contributed by atoms with E-state index < -0.39 is 11.7 Å². The fourth-order valence-electron chi connectivity index (χ4n) is 2.41. The molecule has 3 heterocycles. The first-order valence-electron chi connectivity index (χ1n) is 7.50. The Morgan fingerprint density at radius 2 is 2.00 bits per heavy atom. The maximum Gasteiger partial charge on any atom is 0.419 e. The van der Waals surface area contributed by atoms with Gasteiger partial charge in [-0.3, -0.25) is 4.79 Å². The summed E-state index contributed by atoms with van der Waals surface area (Å²) in [4.78, 5) is 31.1. The summed E-state index contributed by atoms with van der Waals surface area (Å²) in [6.07, 6.45) is -0.661. The molecule has 0 aromatic carbocycles. The number of aromatic hydroxyl groups is 1. The van der Waals surface area contributed by atoms with Crippen LogP contribution in [0.15, 0.2) is 35.1 Å². The molecule has 0 spiro atoms. The average molecular weight is 362 g/mol. The minimum absolute atomic E-state index is 0.107. The van der Waals surface area contributed by atoms with Crippen molar-refractivity contribution < 1.29 is 14.6 Å². The van der Waals surface area contributed by atoms with Crippen LogP contribution in [0.5, 0.6) is 5.75 Å². The molecular weight excluding hydrogens is 346 g/mol. The first-order valence-corrected chi connectivity index (χ1v) is 7.87. The number of H-pyrrole nitrogens is 1. The summed E-state index contributed by atoms with van der Waals surface area (Å²) in [7, 11) is 0. The van der Waals surface area contributed by atoms with Crippen LogP contribution in [-0.4, -0.2) is 31.3 Å². The fraction of sp³-hybridized carbons (Fsp3) is 0.235. The van der Waals surface area contributed by atoms with Gasteiger partial charge in [-0.15, -0.1) is 0 Å². The number of nitrogens with zero attached hydrogens (tertiary/aromatic N) is 2. The van der Waals surface area contributed by atoms with E-state index in [-0.39, 0.29) is 27.8 Å². The number of carbonyl (C=O) groups is 1. The third kappa shape index (κ3) is 3.36. The predicted octanol–water partition coefficient (Wildman–Crippen LogP) is 3.53. The molecule has 0 aliphatic carbocycles. The second-order valence-corrected chi connectivity index (χ2v) is 6.86. The summed E-state index contributed by atoms with van der Waals surface area (Å²) in [6, 6.07) is 7.16. The van der Waals surface area contributed by atoms with Gasteiger partial charge >= 0.3 is 6.09 Å². The minimum Gasteiger partial charge on any atom is -0.506 e. The highest BCUT2D eigenvalue weighted by Crippen LogP contribution is 2.33. The topological polar surface area (TPSA) is 97.2 Å². The molecule has 7 nitrogen and oxygen atoms in total. The third-order valence-electron chi connectivity index (χ3n) is 3.35. The van der Waals surface area contributed by atoms with E-state index in [1.807, 2.05) is 0 Å². The molecule has 0 aliphatic rings. The minimum atomic E-state index is -0.725. The molecular formula is C17H16ClN3O4. The van der Waals surface area contributed by atoms with Gasteiger partial charge in [0.25, 0.3) is 0 Å². The quantitative estimate of drug-likeness (QED) is 0.646. The zero-order valence-corrected chi connectivity index (χ0v) is 14.6. The van der Waals surface area contributed by atoms with Crippen LogP contribution in [0.4, 0.5) is 4.79 Å². The molecule has 0 radical (unpaired) electrons. The molecule has 25 heavy (non-hydrogen) atoms. The van der Waals surface area contributed by atoms with Crippen LogP contribution in [0.3, 0.4) is 0 Å². The van der Waals surface area contributed by atoms with E-state index >= 15 is 0 Å². The van der Waals surface area contributed by atoms with Crippen LogP contribution in [0.1, 0.15) is 20.8 Å². The van der Waals surface area contributed by atoms with Gasteiger partial charge < -0.3 is 14.8 Å². The van der Waals surface area contributed by atoms with Gasteiger partial charge in [-0.2, -0.15) is 0 Å². The Hall–Kier alpha value is -2.80. The fourth-order valence-corrected chi connectivity index (χ4v) is 2.56. The lowest BCUT2D eigenvalue weighted by Crippen LogP contribution is -2.27. The summed E-state index contributed by atoms with van der Waals surface area (Å²) >= 11 is 5.92. The monoisotopic (exact) mass is 361 g/mol. The standard InChI is InChI=1S/C17H16ClN3O4/c1-17(2,3)25-16(24)21-10-4-7-14(23)19-9(10)8-11(21)15-12(22)5-6-13(18)20-15/h4-8,22H,1-3H3,(H,19,23). The van der Waals surface area contributed by atoms with Gasteiger partial charge in [0.1, 0.15) is 22.2 Å². The normalized spacial score (nSPS) is 11.7. The highest BCUT2D eigenvalue weighted by molar-refractivity contribution is 6.29. The van der Waals surface area contributed by atoms with E-state index in [0.29, 0.717) is 11.0 Å². The van der Waals surface area contributed by atoms with Crippen LogP contribution in [-0.2, 0) is 4.74 Å². The molecule has 3 rings (SSSR count). The lowest BCUT2D eigenvalue weighted by Gasteiger charge is -2.21. The van der Waals surface area contributed by atoms with Crippen LogP contribution in [0, 0.1) is 0 Å². The van der Waals surface area contributed by atoms with Crippen molar-refractivity contribution in [1.82, 2.24) is 14.5 Å². The van der Waals surface area contributed by atoms with Crippen LogP contribution < -0.4 is 5.56 Å². The SMILES string of the molecule is CC(C)(C)OC(=O)n1c(-c2nc(Cl)ccc2O)cc2[nH]c(=O)ccc21. The number of rotatable bonds is 1. The summed E-state index contributed by atoms with van der Waals surface area (Å²) in [6.45, 7) is 5.23. The maximum atomic E-state index is 12.7. The van der Waals surface area contributed by atoms with E-state index in [1.54, 1.807) is 26.8 Å². The molecule has 0 atom stereocenters. The van der Waals surface area contributed by atoms with Crippen LogP contribution in [0.25, 0.3) is 22.4 Å². The maximum absolute atomic E-state index is 12.7. The summed E-state index contributed by atoms with van der Waals surface area (Å²) in [5, 5.41) is 10.3. The van der Waals surface area contributed by atoms with Crippen molar-refractivity contribution in [3.8, 4) is 17.1 Å². The van der Waals surface area contributed by atoms with Gasteiger partial charge in [0.2, 0.25) is 5.56 Å². The number of aromatic amines is 1. The third-order valence-corrected chi connectivity index (χ3v) is 3.56. The molecule has 0 aliphatic heterocycles. The number of halogens is 1. The molecule has 3 aromatic heterocycles. The summed E-state index contributed by atoms with van der Waals surface area (Å²) in [5.41, 5.74) is 0.154. The van der Waals surface area contributed by atoms with Gasteiger partial charge in [-0.25, -0.2) is 14.3 Å². The van der Waals surface area contributed by atoms with E-state index in [1.165, 1.54) is 28.8 Å². The van der Waals surface area contributed by atoms with Crippen molar-refractivity contribution >= 4 is 28.7 Å². The smallest absolute Gasteiger partial charge is 0.419 e. The molecule has 2 N–H and O–H groups in total. The first kappa shape index (κ1) is 17.0. The second-order valence-electron chi connectivity index (χ2n) is 6.47. The second kappa shape index (κ2) is 5.93. The van der Waals surface area contributed by atoms with Crippen molar-refractivity contribution in [2.45, 2.75) is 26.4 Å². The number of carbonyl (C=O) groups excluding carboxylic acids is 1. The zero-order valence-electron chi connectivity index (χ0n) is 13.8. The molecule has 8 heteroatoms. The zero-order chi connectivity index (χ0) is 18.4. The van der Waals surface area contributed by atoms with Gasteiger partial charge in [0.15, 0.2) is 0 Å². The van der Waals surface area contributed by atoms with Crippen LogP contribution >= 0.6 is 11.6 Å². The molecule has 0 unspecified atom stereocenters. The molecule has 0 fully saturated rings. The highest BCUT2D eigenvalue weighted by Gasteiger charge is 2.25. The summed E-state index contributed by atoms with van der Waals surface area (Å²) in [5.74, 6) is -0.153. The molecule has 0 saturated heterocycles. The van der Waals surface area contributed by atoms with Crippen LogP contribution in [0.2, 0.25) is 5.15 Å². The number of hydrogen-bond donors (Lipinski definition) is 2. The van der Waals surface area contributed by atoms with Gasteiger partial charge in [-0.1, -0.05) is 11.6 Å². The number of aromatic nitrogens is 3. The Morgan fingerprint density at radius 1 is 1.28 bits per heavy atom. The Bertz CT molecular complexity index is 1030. The van der Waals surface area contributed by atoms with E-state index in [0.717, 1.165) is 0 Å². The Labute approximate surface area is 147 Å². The largest absolute Gasteiger partial charge is 0.506 e. The predicted molar refractivity (Wildman–Crippen MR) is 94.1 cm³/mol. The number of ether oxygens (including phenoxy) is 1. The molecule has 0 bridgehead atoms. The Morgan fingerprint density at radius 3 is 2.68 bits per heavy atom. The van der Waals surface area contributed by atoms with Crippen molar-refractivity contribution in [3.05, 3.63) is 45.8 Å². The average Bonchev–Trinajstić information content (AvgIpc) is 2.86. The van der Waals surface area contributed by atoms with E-state index in [4.69, 9.17) is 16.3 Å². The highest BCUT2D eigenvalue weighted by atomic mass is 35.5. The first-order chi connectivity index (χ1) is 11.7. The van der Waals surface area contributed by atoms with Gasteiger partial charge in [0.05, 0.1) is 16.7 Å². The molecule has 130 valence electrons. The van der Waals surface area contributed by atoms with Gasteiger partial charge in [0, 0.05) is 6.07 Å². The van der Waals surface area contributed by atoms with E-state index in [9.17, 15) is 14.7 Å². The molecule has 3 aromatic rings. The number of pyridine rings is 2. The lowest BCUT2D eigenvalue weighted by molar-refractivity contribution is 0.0547. The summed E-state index contributed by atoms with van der Waals surface area (Å²) < 4.78 is 6.69.